The molecule has 0 saturated carbocycles. The molecule has 0 aliphatic carbocycles. The van der Waals surface area contributed by atoms with E-state index in [4.69, 9.17) is 9.47 Å². The average Bonchev–Trinajstić information content (AvgIpc) is 2.31. The van der Waals surface area contributed by atoms with Gasteiger partial charge in [0.2, 0.25) is 0 Å². The van der Waals surface area contributed by atoms with Gasteiger partial charge in [-0.2, -0.15) is 0 Å². The third-order valence-electron chi connectivity index (χ3n) is 3.46. The molecule has 0 amide bonds. The number of ether oxygens (including phenoxy) is 2. The third-order valence-corrected chi connectivity index (χ3v) is 3.46. The molecule has 1 atom stereocenters. The van der Waals surface area contributed by atoms with Crippen molar-refractivity contribution in [3.63, 3.8) is 0 Å². The van der Waals surface area contributed by atoms with Crippen LogP contribution < -0.4 is 0 Å². The Balaban J connectivity index is 2.46. The van der Waals surface area contributed by atoms with Gasteiger partial charge < -0.3 is 14.6 Å². The fraction of sp³-hybridized carbons (Fsp3) is 1.00. The number of unbranched alkanes of at least 4 members (excludes halogenated alkanes) is 2. The standard InChI is InChI=1S/C13H26O3/c1-3-5-6-7-12(14)13(16-4-2)8-10-15-11-9-13/h12,14H,3-11H2,1-2H3. The molecule has 1 aliphatic heterocycles. The van der Waals surface area contributed by atoms with Crippen LogP contribution in [0.5, 0.6) is 0 Å². The van der Waals surface area contributed by atoms with E-state index in [1.807, 2.05) is 6.92 Å². The largest absolute Gasteiger partial charge is 0.390 e. The molecule has 1 rings (SSSR count). The van der Waals surface area contributed by atoms with Gasteiger partial charge in [-0.25, -0.2) is 0 Å². The van der Waals surface area contributed by atoms with Gasteiger partial charge in [-0.3, -0.25) is 0 Å². The van der Waals surface area contributed by atoms with Crippen molar-refractivity contribution < 1.29 is 14.6 Å². The molecule has 1 saturated heterocycles. The summed E-state index contributed by atoms with van der Waals surface area (Å²) in [4.78, 5) is 0. The highest BCUT2D eigenvalue weighted by molar-refractivity contribution is 4.90. The minimum atomic E-state index is -0.333. The molecule has 1 aliphatic rings. The van der Waals surface area contributed by atoms with E-state index in [1.165, 1.54) is 12.8 Å². The summed E-state index contributed by atoms with van der Waals surface area (Å²) in [5.74, 6) is 0. The van der Waals surface area contributed by atoms with Gasteiger partial charge >= 0.3 is 0 Å². The van der Waals surface area contributed by atoms with Gasteiger partial charge in [-0.05, 0) is 13.3 Å². The zero-order chi connectivity index (χ0) is 11.9. The van der Waals surface area contributed by atoms with Gasteiger partial charge in [0.05, 0.1) is 11.7 Å². The zero-order valence-corrected chi connectivity index (χ0v) is 10.7. The van der Waals surface area contributed by atoms with Gasteiger partial charge in [0, 0.05) is 32.7 Å². The predicted molar refractivity (Wildman–Crippen MR) is 64.6 cm³/mol. The maximum atomic E-state index is 10.3. The van der Waals surface area contributed by atoms with Crippen molar-refractivity contribution in [1.29, 1.82) is 0 Å². The van der Waals surface area contributed by atoms with Crippen LogP contribution in [-0.2, 0) is 9.47 Å². The summed E-state index contributed by atoms with van der Waals surface area (Å²) in [6.07, 6.45) is 5.65. The Morgan fingerprint density at radius 1 is 1.25 bits per heavy atom. The maximum absolute atomic E-state index is 10.3. The van der Waals surface area contributed by atoms with Crippen LogP contribution in [0, 0.1) is 0 Å². The molecule has 1 fully saturated rings. The van der Waals surface area contributed by atoms with Crippen LogP contribution in [0.1, 0.15) is 52.4 Å². The molecule has 0 spiro atoms. The molecule has 0 bridgehead atoms. The molecule has 0 aromatic heterocycles. The van der Waals surface area contributed by atoms with Crippen LogP contribution in [0.15, 0.2) is 0 Å². The quantitative estimate of drug-likeness (QED) is 0.683. The number of hydrogen-bond donors (Lipinski definition) is 1. The first kappa shape index (κ1) is 13.9. The lowest BCUT2D eigenvalue weighted by molar-refractivity contribution is -0.167. The topological polar surface area (TPSA) is 38.7 Å². The summed E-state index contributed by atoms with van der Waals surface area (Å²) >= 11 is 0. The van der Waals surface area contributed by atoms with E-state index in [-0.39, 0.29) is 11.7 Å². The van der Waals surface area contributed by atoms with Crippen molar-refractivity contribution >= 4 is 0 Å². The Labute approximate surface area is 99.1 Å². The van der Waals surface area contributed by atoms with Crippen LogP contribution in [0.4, 0.5) is 0 Å². The van der Waals surface area contributed by atoms with Crippen LogP contribution in [0.2, 0.25) is 0 Å². The highest BCUT2D eigenvalue weighted by Crippen LogP contribution is 2.31. The average molecular weight is 230 g/mol. The highest BCUT2D eigenvalue weighted by atomic mass is 16.5. The van der Waals surface area contributed by atoms with Gasteiger partial charge in [0.15, 0.2) is 0 Å². The molecule has 0 aromatic rings. The number of rotatable bonds is 7. The lowest BCUT2D eigenvalue weighted by Gasteiger charge is -2.40. The van der Waals surface area contributed by atoms with Crippen LogP contribution >= 0.6 is 0 Å². The Hall–Kier alpha value is -0.120. The van der Waals surface area contributed by atoms with Crippen molar-refractivity contribution in [3.05, 3.63) is 0 Å². The van der Waals surface area contributed by atoms with E-state index in [1.54, 1.807) is 0 Å². The molecule has 1 unspecified atom stereocenters. The van der Waals surface area contributed by atoms with Gasteiger partial charge in [-0.1, -0.05) is 26.2 Å². The van der Waals surface area contributed by atoms with Gasteiger partial charge in [-0.15, -0.1) is 0 Å². The van der Waals surface area contributed by atoms with Crippen LogP contribution in [-0.4, -0.2) is 36.6 Å². The second-order valence-electron chi connectivity index (χ2n) is 4.62. The van der Waals surface area contributed by atoms with Crippen molar-refractivity contribution in [2.24, 2.45) is 0 Å². The Morgan fingerprint density at radius 2 is 1.94 bits per heavy atom. The lowest BCUT2D eigenvalue weighted by Crippen LogP contribution is -2.49. The zero-order valence-electron chi connectivity index (χ0n) is 10.7. The predicted octanol–water partition coefficient (Wildman–Crippen LogP) is 2.51. The van der Waals surface area contributed by atoms with E-state index < -0.39 is 0 Å². The molecule has 1 heterocycles. The van der Waals surface area contributed by atoms with Gasteiger partial charge in [0.25, 0.3) is 0 Å². The SMILES string of the molecule is CCCCCC(O)C1(OCC)CCOCC1. The van der Waals surface area contributed by atoms with Crippen molar-refractivity contribution in [2.75, 3.05) is 19.8 Å². The summed E-state index contributed by atoms with van der Waals surface area (Å²) in [5, 5.41) is 10.3. The van der Waals surface area contributed by atoms with E-state index in [9.17, 15) is 5.11 Å². The Morgan fingerprint density at radius 3 is 2.50 bits per heavy atom. The molecular formula is C13H26O3. The molecule has 0 radical (unpaired) electrons. The lowest BCUT2D eigenvalue weighted by atomic mass is 9.85. The minimum absolute atomic E-state index is 0.331. The fourth-order valence-corrected chi connectivity index (χ4v) is 2.43. The maximum Gasteiger partial charge on any atom is 0.0983 e. The molecule has 16 heavy (non-hydrogen) atoms. The second kappa shape index (κ2) is 7.25. The molecule has 3 nitrogen and oxygen atoms in total. The highest BCUT2D eigenvalue weighted by Gasteiger charge is 2.39. The first-order chi connectivity index (χ1) is 7.75. The molecule has 0 aromatic carbocycles. The molecule has 1 N–H and O–H groups in total. The first-order valence-corrected chi connectivity index (χ1v) is 6.65. The van der Waals surface area contributed by atoms with Gasteiger partial charge in [0.1, 0.15) is 0 Å². The summed E-state index contributed by atoms with van der Waals surface area (Å²) in [5.41, 5.74) is -0.333. The smallest absolute Gasteiger partial charge is 0.0983 e. The van der Waals surface area contributed by atoms with Crippen molar-refractivity contribution in [3.8, 4) is 0 Å². The fourth-order valence-electron chi connectivity index (χ4n) is 2.43. The Bertz CT molecular complexity index is 171. The van der Waals surface area contributed by atoms with Crippen molar-refractivity contribution in [1.82, 2.24) is 0 Å². The van der Waals surface area contributed by atoms with E-state index in [0.29, 0.717) is 19.8 Å². The molecular weight excluding hydrogens is 204 g/mol. The van der Waals surface area contributed by atoms with Crippen molar-refractivity contribution in [2.45, 2.75) is 64.1 Å². The monoisotopic (exact) mass is 230 g/mol. The first-order valence-electron chi connectivity index (χ1n) is 6.65. The second-order valence-corrected chi connectivity index (χ2v) is 4.62. The summed E-state index contributed by atoms with van der Waals surface area (Å²) < 4.78 is 11.2. The number of aliphatic hydroxyl groups excluding tert-OH is 1. The Kier molecular flexibility index (Phi) is 6.32. The third kappa shape index (κ3) is 3.72. The van der Waals surface area contributed by atoms with Crippen LogP contribution in [0.3, 0.4) is 0 Å². The summed E-state index contributed by atoms with van der Waals surface area (Å²) in [7, 11) is 0. The van der Waals surface area contributed by atoms with E-state index >= 15 is 0 Å². The molecule has 96 valence electrons. The van der Waals surface area contributed by atoms with Crippen LogP contribution in [0.25, 0.3) is 0 Å². The summed E-state index contributed by atoms with van der Waals surface area (Å²) in [6.45, 7) is 6.27. The number of hydrogen-bond acceptors (Lipinski definition) is 3. The summed E-state index contributed by atoms with van der Waals surface area (Å²) in [6, 6.07) is 0. The van der Waals surface area contributed by atoms with E-state index in [2.05, 4.69) is 6.92 Å². The van der Waals surface area contributed by atoms with E-state index in [0.717, 1.165) is 25.7 Å². The number of aliphatic hydroxyl groups is 1. The normalized spacial score (nSPS) is 21.9. The minimum Gasteiger partial charge on any atom is -0.390 e. The molecule has 3 heteroatoms.